The smallest absolute Gasteiger partial charge is 0.303 e. The Bertz CT molecular complexity index is 286. The van der Waals surface area contributed by atoms with Crippen molar-refractivity contribution in [2.24, 2.45) is 5.92 Å². The van der Waals surface area contributed by atoms with Crippen molar-refractivity contribution >= 4 is 11.9 Å². The lowest BCUT2D eigenvalue weighted by molar-refractivity contribution is -0.138. The summed E-state index contributed by atoms with van der Waals surface area (Å²) >= 11 is 0. The third-order valence-corrected chi connectivity index (χ3v) is 2.69. The van der Waals surface area contributed by atoms with Gasteiger partial charge in [-0.2, -0.15) is 0 Å². The molecule has 2 N–H and O–H groups in total. The first-order valence-electron chi connectivity index (χ1n) is 5.74. The van der Waals surface area contributed by atoms with Gasteiger partial charge in [-0.25, -0.2) is 0 Å². The maximum atomic E-state index is 11.6. The minimum absolute atomic E-state index is 0.0333. The lowest BCUT2D eigenvalue weighted by Crippen LogP contribution is -2.36. The minimum Gasteiger partial charge on any atom is -0.481 e. The summed E-state index contributed by atoms with van der Waals surface area (Å²) < 4.78 is 0. The zero-order valence-electron chi connectivity index (χ0n) is 9.61. The van der Waals surface area contributed by atoms with Crippen molar-refractivity contribution in [3.05, 3.63) is 12.2 Å². The molecule has 0 spiro atoms. The molecule has 0 radical (unpaired) electrons. The van der Waals surface area contributed by atoms with E-state index in [1.807, 2.05) is 0 Å². The van der Waals surface area contributed by atoms with E-state index in [9.17, 15) is 9.59 Å². The number of hydrogen-bond donors (Lipinski definition) is 2. The Morgan fingerprint density at radius 3 is 2.75 bits per heavy atom. The quantitative estimate of drug-likeness (QED) is 0.700. The van der Waals surface area contributed by atoms with Gasteiger partial charge in [0.1, 0.15) is 0 Å². The van der Waals surface area contributed by atoms with Crippen molar-refractivity contribution in [2.75, 3.05) is 0 Å². The molecule has 0 saturated heterocycles. The van der Waals surface area contributed by atoms with Crippen LogP contribution < -0.4 is 5.32 Å². The van der Waals surface area contributed by atoms with Crippen molar-refractivity contribution in [1.29, 1.82) is 0 Å². The highest BCUT2D eigenvalue weighted by molar-refractivity contribution is 5.77. The molecule has 0 aromatic rings. The minimum atomic E-state index is -0.846. The number of carboxylic acid groups (broad SMARTS) is 1. The van der Waals surface area contributed by atoms with E-state index in [1.54, 1.807) is 6.92 Å². The molecule has 0 aromatic carbocycles. The fourth-order valence-corrected chi connectivity index (χ4v) is 1.90. The van der Waals surface area contributed by atoms with Crippen molar-refractivity contribution in [3.8, 4) is 0 Å². The van der Waals surface area contributed by atoms with E-state index in [-0.39, 0.29) is 24.3 Å². The van der Waals surface area contributed by atoms with Crippen molar-refractivity contribution in [1.82, 2.24) is 5.32 Å². The largest absolute Gasteiger partial charge is 0.481 e. The molecule has 4 heteroatoms. The monoisotopic (exact) mass is 225 g/mol. The van der Waals surface area contributed by atoms with Crippen LogP contribution in [-0.2, 0) is 9.59 Å². The summed E-state index contributed by atoms with van der Waals surface area (Å²) in [6, 6.07) is 0.231. The summed E-state index contributed by atoms with van der Waals surface area (Å²) in [6.07, 6.45) is 7.43. The van der Waals surface area contributed by atoms with Crippen LogP contribution in [0.3, 0.4) is 0 Å². The Morgan fingerprint density at radius 1 is 1.44 bits per heavy atom. The number of carbonyl (C=O) groups is 2. The standard InChI is InChI=1S/C12H19NO3/c1-9(8-12(15)16)7-11(14)13-10-5-3-2-4-6-10/h2-3,9-10H,4-8H2,1H3,(H,13,14)(H,15,16). The molecule has 0 bridgehead atoms. The predicted molar refractivity (Wildman–Crippen MR) is 61.0 cm³/mol. The first kappa shape index (κ1) is 12.7. The predicted octanol–water partition coefficient (Wildman–Crippen LogP) is 1.71. The van der Waals surface area contributed by atoms with Gasteiger partial charge in [0.2, 0.25) is 5.91 Å². The van der Waals surface area contributed by atoms with E-state index in [0.717, 1.165) is 19.3 Å². The highest BCUT2D eigenvalue weighted by atomic mass is 16.4. The van der Waals surface area contributed by atoms with Crippen molar-refractivity contribution in [2.45, 2.75) is 45.1 Å². The molecule has 1 amide bonds. The molecule has 90 valence electrons. The van der Waals surface area contributed by atoms with Crippen molar-refractivity contribution in [3.63, 3.8) is 0 Å². The van der Waals surface area contributed by atoms with Crippen LogP contribution in [0.5, 0.6) is 0 Å². The first-order chi connectivity index (χ1) is 7.58. The molecule has 1 aliphatic carbocycles. The number of carbonyl (C=O) groups excluding carboxylic acids is 1. The lowest BCUT2D eigenvalue weighted by Gasteiger charge is -2.20. The van der Waals surface area contributed by atoms with Gasteiger partial charge >= 0.3 is 5.97 Å². The van der Waals surface area contributed by atoms with E-state index in [1.165, 1.54) is 0 Å². The molecule has 0 aromatic heterocycles. The molecule has 1 aliphatic rings. The van der Waals surface area contributed by atoms with Gasteiger partial charge in [-0.15, -0.1) is 0 Å². The fraction of sp³-hybridized carbons (Fsp3) is 0.667. The van der Waals surface area contributed by atoms with E-state index < -0.39 is 5.97 Å². The molecule has 1 rings (SSSR count). The van der Waals surface area contributed by atoms with Crippen LogP contribution in [0.1, 0.15) is 39.0 Å². The summed E-state index contributed by atoms with van der Waals surface area (Å²) in [5.74, 6) is -0.980. The molecule has 0 saturated carbocycles. The SMILES string of the molecule is CC(CC(=O)O)CC(=O)NC1CC=CCC1. The van der Waals surface area contributed by atoms with Crippen LogP contribution in [0.25, 0.3) is 0 Å². The number of allylic oxidation sites excluding steroid dienone is 1. The van der Waals surface area contributed by atoms with Gasteiger partial charge in [0.05, 0.1) is 0 Å². The average Bonchev–Trinajstić information content (AvgIpc) is 2.17. The molecule has 2 unspecified atom stereocenters. The highest BCUT2D eigenvalue weighted by Crippen LogP contribution is 2.12. The lowest BCUT2D eigenvalue weighted by atomic mass is 10.00. The first-order valence-corrected chi connectivity index (χ1v) is 5.74. The van der Waals surface area contributed by atoms with Gasteiger partial charge in [0.15, 0.2) is 0 Å². The molecule has 0 aliphatic heterocycles. The summed E-state index contributed by atoms with van der Waals surface area (Å²) in [5.41, 5.74) is 0. The number of carboxylic acids is 1. The van der Waals surface area contributed by atoms with Crippen LogP contribution in [0.15, 0.2) is 12.2 Å². The zero-order chi connectivity index (χ0) is 12.0. The molecule has 16 heavy (non-hydrogen) atoms. The summed E-state index contributed by atoms with van der Waals surface area (Å²) in [6.45, 7) is 1.79. The van der Waals surface area contributed by atoms with Gasteiger partial charge < -0.3 is 10.4 Å². The number of aliphatic carboxylic acids is 1. The maximum absolute atomic E-state index is 11.6. The van der Waals surface area contributed by atoms with E-state index >= 15 is 0 Å². The molecule has 0 fully saturated rings. The van der Waals surface area contributed by atoms with Crippen LogP contribution in [-0.4, -0.2) is 23.0 Å². The maximum Gasteiger partial charge on any atom is 0.303 e. The zero-order valence-corrected chi connectivity index (χ0v) is 9.61. The second-order valence-corrected chi connectivity index (χ2v) is 4.46. The Hall–Kier alpha value is -1.32. The molecule has 2 atom stereocenters. The molecule has 4 nitrogen and oxygen atoms in total. The van der Waals surface area contributed by atoms with Crippen LogP contribution in [0, 0.1) is 5.92 Å². The number of nitrogens with one attached hydrogen (secondary N) is 1. The topological polar surface area (TPSA) is 66.4 Å². The Kier molecular flexibility index (Phi) is 5.02. The van der Waals surface area contributed by atoms with Crippen LogP contribution in [0.4, 0.5) is 0 Å². The van der Waals surface area contributed by atoms with Crippen LogP contribution in [0.2, 0.25) is 0 Å². The van der Waals surface area contributed by atoms with Gasteiger partial charge in [-0.05, 0) is 25.2 Å². The van der Waals surface area contributed by atoms with Gasteiger partial charge in [-0.3, -0.25) is 9.59 Å². The Labute approximate surface area is 95.7 Å². The Balaban J connectivity index is 2.24. The van der Waals surface area contributed by atoms with Crippen molar-refractivity contribution < 1.29 is 14.7 Å². The second kappa shape index (κ2) is 6.30. The summed E-state index contributed by atoms with van der Waals surface area (Å²) in [7, 11) is 0. The second-order valence-electron chi connectivity index (χ2n) is 4.46. The fourth-order valence-electron chi connectivity index (χ4n) is 1.90. The van der Waals surface area contributed by atoms with Gasteiger partial charge in [0.25, 0.3) is 0 Å². The third kappa shape index (κ3) is 4.96. The number of rotatable bonds is 5. The summed E-state index contributed by atoms with van der Waals surface area (Å²) in [5, 5.41) is 11.5. The third-order valence-electron chi connectivity index (χ3n) is 2.69. The van der Waals surface area contributed by atoms with Gasteiger partial charge in [0, 0.05) is 18.9 Å². The molecule has 0 heterocycles. The number of amides is 1. The van der Waals surface area contributed by atoms with E-state index in [2.05, 4.69) is 17.5 Å². The Morgan fingerprint density at radius 2 is 2.19 bits per heavy atom. The molecular formula is C12H19NO3. The summed E-state index contributed by atoms with van der Waals surface area (Å²) in [4.78, 5) is 22.0. The highest BCUT2D eigenvalue weighted by Gasteiger charge is 2.16. The number of hydrogen-bond acceptors (Lipinski definition) is 2. The molecular weight excluding hydrogens is 206 g/mol. The van der Waals surface area contributed by atoms with E-state index in [4.69, 9.17) is 5.11 Å². The van der Waals surface area contributed by atoms with E-state index in [0.29, 0.717) is 6.42 Å². The van der Waals surface area contributed by atoms with Gasteiger partial charge in [-0.1, -0.05) is 19.1 Å². The van der Waals surface area contributed by atoms with Crippen LogP contribution >= 0.6 is 0 Å². The average molecular weight is 225 g/mol. The normalized spacial score (nSPS) is 21.4.